The monoisotopic (exact) mass is 357 g/mol. The third kappa shape index (κ3) is 4.52. The minimum atomic E-state index is -0.935. The van der Waals surface area contributed by atoms with E-state index in [2.05, 4.69) is 5.32 Å². The molecule has 1 saturated heterocycles. The molecule has 2 aromatic rings. The zero-order valence-electron chi connectivity index (χ0n) is 14.6. The van der Waals surface area contributed by atoms with E-state index in [9.17, 15) is 9.59 Å². The van der Waals surface area contributed by atoms with Gasteiger partial charge in [-0.15, -0.1) is 0 Å². The number of rotatable bonds is 8. The number of aliphatic carboxylic acids is 1. The molecule has 1 aliphatic heterocycles. The van der Waals surface area contributed by atoms with Crippen LogP contribution in [0.4, 0.5) is 0 Å². The van der Waals surface area contributed by atoms with E-state index in [1.807, 2.05) is 42.5 Å². The van der Waals surface area contributed by atoms with E-state index in [1.165, 1.54) is 0 Å². The smallest absolute Gasteiger partial charge is 0.305 e. The topological polar surface area (TPSA) is 84.9 Å². The number of fused-ring (bicyclic) bond motifs is 1. The van der Waals surface area contributed by atoms with Crippen molar-refractivity contribution in [3.8, 4) is 5.75 Å². The molecule has 138 valence electrons. The molecule has 6 nitrogen and oxygen atoms in total. The summed E-state index contributed by atoms with van der Waals surface area (Å²) in [7, 11) is 0. The molecular formula is C20H23NO5. The van der Waals surface area contributed by atoms with Crippen LogP contribution in [0, 0.1) is 0 Å². The predicted octanol–water partition coefficient (Wildman–Crippen LogP) is 2.75. The molecule has 0 aromatic heterocycles. The summed E-state index contributed by atoms with van der Waals surface area (Å²) < 4.78 is 11.1. The molecule has 1 amide bonds. The highest BCUT2D eigenvalue weighted by atomic mass is 16.5. The summed E-state index contributed by atoms with van der Waals surface area (Å²) in [4.78, 5) is 23.2. The van der Waals surface area contributed by atoms with Crippen molar-refractivity contribution >= 4 is 22.6 Å². The number of nitrogens with one attached hydrogen (secondary N) is 1. The summed E-state index contributed by atoms with van der Waals surface area (Å²) in [5, 5.41) is 14.1. The zero-order valence-corrected chi connectivity index (χ0v) is 14.6. The molecule has 3 rings (SSSR count). The maximum absolute atomic E-state index is 12.2. The number of carboxylic acids is 1. The Morgan fingerprint density at radius 3 is 2.77 bits per heavy atom. The summed E-state index contributed by atoms with van der Waals surface area (Å²) >= 11 is 0. The van der Waals surface area contributed by atoms with Crippen LogP contribution in [0.1, 0.15) is 25.7 Å². The van der Waals surface area contributed by atoms with E-state index in [0.29, 0.717) is 26.1 Å². The molecule has 0 radical (unpaired) electrons. The molecule has 2 N–H and O–H groups in total. The van der Waals surface area contributed by atoms with E-state index in [-0.39, 0.29) is 25.4 Å². The van der Waals surface area contributed by atoms with Crippen LogP contribution in [-0.2, 0) is 14.3 Å². The standard InChI is InChI=1S/C20H23NO5/c22-18(21-20(13-19(23)24)10-12-25-14-20)9-4-11-26-17-8-3-6-15-5-1-2-7-16(15)17/h1-3,5-8H,4,9-14H2,(H,21,22)(H,23,24). The normalized spacial score (nSPS) is 19.4. The van der Waals surface area contributed by atoms with Gasteiger partial charge in [0.25, 0.3) is 0 Å². The van der Waals surface area contributed by atoms with Crippen LogP contribution < -0.4 is 10.1 Å². The van der Waals surface area contributed by atoms with Crippen molar-refractivity contribution in [3.05, 3.63) is 42.5 Å². The fraction of sp³-hybridized carbons (Fsp3) is 0.400. The van der Waals surface area contributed by atoms with Crippen LogP contribution in [0.5, 0.6) is 5.75 Å². The van der Waals surface area contributed by atoms with Gasteiger partial charge in [0.15, 0.2) is 0 Å². The number of amides is 1. The van der Waals surface area contributed by atoms with E-state index in [4.69, 9.17) is 14.6 Å². The number of carboxylic acid groups (broad SMARTS) is 1. The van der Waals surface area contributed by atoms with Crippen LogP contribution in [0.15, 0.2) is 42.5 Å². The fourth-order valence-electron chi connectivity index (χ4n) is 3.27. The number of hydrogen-bond donors (Lipinski definition) is 2. The van der Waals surface area contributed by atoms with Gasteiger partial charge in [-0.05, 0) is 24.3 Å². The Hall–Kier alpha value is -2.60. The molecule has 0 bridgehead atoms. The molecule has 1 unspecified atom stereocenters. The minimum Gasteiger partial charge on any atom is -0.493 e. The number of hydrogen-bond acceptors (Lipinski definition) is 4. The average molecular weight is 357 g/mol. The van der Waals surface area contributed by atoms with Gasteiger partial charge in [0, 0.05) is 18.4 Å². The van der Waals surface area contributed by atoms with Crippen LogP contribution in [0.25, 0.3) is 10.8 Å². The molecule has 6 heteroatoms. The maximum Gasteiger partial charge on any atom is 0.305 e. The molecule has 2 aromatic carbocycles. The van der Waals surface area contributed by atoms with Gasteiger partial charge in [-0.3, -0.25) is 9.59 Å². The zero-order chi connectivity index (χ0) is 18.4. The van der Waals surface area contributed by atoms with E-state index in [1.54, 1.807) is 0 Å². The van der Waals surface area contributed by atoms with Crippen molar-refractivity contribution in [3.63, 3.8) is 0 Å². The lowest BCUT2D eigenvalue weighted by molar-refractivity contribution is -0.139. The van der Waals surface area contributed by atoms with Gasteiger partial charge in [-0.1, -0.05) is 36.4 Å². The van der Waals surface area contributed by atoms with E-state index in [0.717, 1.165) is 16.5 Å². The third-order valence-electron chi connectivity index (χ3n) is 4.55. The minimum absolute atomic E-state index is 0.120. The van der Waals surface area contributed by atoms with Crippen LogP contribution in [0.2, 0.25) is 0 Å². The number of ether oxygens (including phenoxy) is 2. The lowest BCUT2D eigenvalue weighted by Crippen LogP contribution is -2.50. The van der Waals surface area contributed by atoms with Gasteiger partial charge in [-0.2, -0.15) is 0 Å². The maximum atomic E-state index is 12.2. The van der Waals surface area contributed by atoms with E-state index < -0.39 is 11.5 Å². The summed E-state index contributed by atoms with van der Waals surface area (Å²) in [6.07, 6.45) is 1.24. The Labute approximate surface area is 152 Å². The Balaban J connectivity index is 1.48. The van der Waals surface area contributed by atoms with Crippen molar-refractivity contribution in [2.45, 2.75) is 31.2 Å². The Morgan fingerprint density at radius 2 is 2.00 bits per heavy atom. The lowest BCUT2D eigenvalue weighted by atomic mass is 9.94. The summed E-state index contributed by atoms with van der Waals surface area (Å²) in [6.45, 7) is 1.14. The van der Waals surface area contributed by atoms with Gasteiger partial charge < -0.3 is 19.9 Å². The van der Waals surface area contributed by atoms with Gasteiger partial charge in [0.05, 0.1) is 25.2 Å². The van der Waals surface area contributed by atoms with Crippen LogP contribution in [-0.4, -0.2) is 42.3 Å². The van der Waals surface area contributed by atoms with Crippen molar-refractivity contribution in [2.75, 3.05) is 19.8 Å². The summed E-state index contributed by atoms with van der Waals surface area (Å²) in [5.41, 5.74) is -0.778. The van der Waals surface area contributed by atoms with Crippen molar-refractivity contribution in [1.29, 1.82) is 0 Å². The molecule has 1 atom stereocenters. The Morgan fingerprint density at radius 1 is 1.19 bits per heavy atom. The molecular weight excluding hydrogens is 334 g/mol. The first-order chi connectivity index (χ1) is 12.6. The van der Waals surface area contributed by atoms with E-state index >= 15 is 0 Å². The third-order valence-corrected chi connectivity index (χ3v) is 4.55. The molecule has 0 aliphatic carbocycles. The van der Waals surface area contributed by atoms with Crippen molar-refractivity contribution in [1.82, 2.24) is 5.32 Å². The Bertz CT molecular complexity index is 777. The number of carbonyl (C=O) groups excluding carboxylic acids is 1. The van der Waals surface area contributed by atoms with Gasteiger partial charge in [0.2, 0.25) is 5.91 Å². The highest BCUT2D eigenvalue weighted by Crippen LogP contribution is 2.25. The van der Waals surface area contributed by atoms with Gasteiger partial charge in [0.1, 0.15) is 5.75 Å². The lowest BCUT2D eigenvalue weighted by Gasteiger charge is -2.27. The number of carbonyl (C=O) groups is 2. The molecule has 0 spiro atoms. The highest BCUT2D eigenvalue weighted by molar-refractivity contribution is 5.88. The van der Waals surface area contributed by atoms with Gasteiger partial charge >= 0.3 is 5.97 Å². The predicted molar refractivity (Wildman–Crippen MR) is 97.2 cm³/mol. The number of benzene rings is 2. The van der Waals surface area contributed by atoms with Crippen LogP contribution in [0.3, 0.4) is 0 Å². The molecule has 1 fully saturated rings. The molecule has 26 heavy (non-hydrogen) atoms. The molecule has 0 saturated carbocycles. The molecule has 1 aliphatic rings. The van der Waals surface area contributed by atoms with Crippen molar-refractivity contribution in [2.24, 2.45) is 0 Å². The second-order valence-electron chi connectivity index (χ2n) is 6.63. The quantitative estimate of drug-likeness (QED) is 0.710. The van der Waals surface area contributed by atoms with Crippen molar-refractivity contribution < 1.29 is 24.2 Å². The first-order valence-corrected chi connectivity index (χ1v) is 8.79. The highest BCUT2D eigenvalue weighted by Gasteiger charge is 2.38. The van der Waals surface area contributed by atoms with Crippen LogP contribution >= 0.6 is 0 Å². The average Bonchev–Trinajstić information content (AvgIpc) is 3.06. The summed E-state index contributed by atoms with van der Waals surface area (Å²) in [6, 6.07) is 13.9. The Kier molecular flexibility index (Phi) is 5.73. The first kappa shape index (κ1) is 18.2. The first-order valence-electron chi connectivity index (χ1n) is 8.79. The largest absolute Gasteiger partial charge is 0.493 e. The second kappa shape index (κ2) is 8.19. The SMILES string of the molecule is O=C(O)CC1(NC(=O)CCCOc2cccc3ccccc23)CCOC1. The summed E-state index contributed by atoms with van der Waals surface area (Å²) in [5.74, 6) is -0.302. The molecule has 1 heterocycles. The fourth-order valence-corrected chi connectivity index (χ4v) is 3.27. The second-order valence-corrected chi connectivity index (χ2v) is 6.63. The van der Waals surface area contributed by atoms with Gasteiger partial charge in [-0.25, -0.2) is 0 Å².